The van der Waals surface area contributed by atoms with Crippen molar-refractivity contribution in [1.82, 2.24) is 19.6 Å². The predicted octanol–water partition coefficient (Wildman–Crippen LogP) is 20.6. The highest BCUT2D eigenvalue weighted by Gasteiger charge is 2.61. The van der Waals surface area contributed by atoms with Crippen LogP contribution < -0.4 is 0 Å². The fraction of sp³-hybridized carbons (Fsp3) is 0.596. The molecule has 127 heavy (non-hydrogen) atoms. The van der Waals surface area contributed by atoms with Crippen molar-refractivity contribution in [3.05, 3.63) is 138 Å². The molecule has 0 radical (unpaired) electrons. The molecule has 698 valence electrons. The molecule has 8 aliphatic rings. The van der Waals surface area contributed by atoms with Crippen LogP contribution >= 0.6 is 58.0 Å². The Kier molecular flexibility index (Phi) is 36.5. The summed E-state index contributed by atoms with van der Waals surface area (Å²) in [7, 11) is 0. The summed E-state index contributed by atoms with van der Waals surface area (Å²) in [5.74, 6) is -28.0. The van der Waals surface area contributed by atoms with Gasteiger partial charge in [-0.05, 0) is 197 Å². The number of carbonyl (C=O) groups excluding carboxylic acids is 8. The maximum Gasteiger partial charge on any atom is 0.392 e. The zero-order valence-corrected chi connectivity index (χ0v) is 72.7. The number of aryl methyl sites for hydroxylation is 3. The van der Waals surface area contributed by atoms with Crippen LogP contribution in [0, 0.1) is 76.8 Å². The Balaban J connectivity index is 0.000000191. The van der Waals surface area contributed by atoms with E-state index in [1.165, 1.54) is 12.1 Å². The number of hydrogen-bond donors (Lipinski definition) is 4. The topological polar surface area (TPSA) is 299 Å². The summed E-state index contributed by atoms with van der Waals surface area (Å²) < 4.78 is 178. The largest absolute Gasteiger partial charge is 0.480 e. The van der Waals surface area contributed by atoms with Crippen molar-refractivity contribution < 1.29 is 135 Å². The van der Waals surface area contributed by atoms with Gasteiger partial charge >= 0.3 is 48.6 Å². The van der Waals surface area contributed by atoms with Gasteiger partial charge in [-0.25, -0.2) is 23.6 Å². The van der Waals surface area contributed by atoms with Gasteiger partial charge in [0.25, 0.3) is 0 Å². The van der Waals surface area contributed by atoms with E-state index < -0.39 is 223 Å². The number of carboxylic acid groups (broad SMARTS) is 4. The molecule has 20 nitrogen and oxygen atoms in total. The average molecular weight is 1910 g/mol. The smallest absolute Gasteiger partial charge is 0.392 e. The van der Waals surface area contributed by atoms with Gasteiger partial charge in [-0.1, -0.05) is 178 Å². The molecule has 12 rings (SSSR count). The van der Waals surface area contributed by atoms with Gasteiger partial charge < -0.3 is 20.4 Å². The zero-order valence-electron chi connectivity index (χ0n) is 68.9. The zero-order chi connectivity index (χ0) is 93.5. The molecule has 0 bridgehead atoms. The lowest BCUT2D eigenvalue weighted by Gasteiger charge is -2.44. The van der Waals surface area contributed by atoms with E-state index in [9.17, 15) is 135 Å². The molecular weight excluding hydrogens is 1810 g/mol. The molecule has 38 heteroatoms. The number of alkyl halides is 12. The van der Waals surface area contributed by atoms with Crippen LogP contribution in [0.3, 0.4) is 0 Å². The highest BCUT2D eigenvalue weighted by atomic mass is 35.5. The first-order chi connectivity index (χ1) is 59.7. The fourth-order valence-corrected chi connectivity index (χ4v) is 20.4. The van der Waals surface area contributed by atoms with Crippen molar-refractivity contribution in [1.29, 1.82) is 0 Å². The van der Waals surface area contributed by atoms with Gasteiger partial charge in [-0.3, -0.25) is 58.0 Å². The van der Waals surface area contributed by atoms with Crippen LogP contribution in [-0.4, -0.2) is 160 Å². The molecule has 0 aromatic heterocycles. The first-order valence-corrected chi connectivity index (χ1v) is 44.6. The lowest BCUT2D eigenvalue weighted by atomic mass is 9.77. The molecule has 4 heterocycles. The number of hydrogen-bond acceptors (Lipinski definition) is 12. The number of carboxylic acids is 4. The van der Waals surface area contributed by atoms with E-state index in [4.69, 9.17) is 58.0 Å². The molecule has 12 atom stereocenters. The highest BCUT2D eigenvalue weighted by Crippen LogP contribution is 2.49. The van der Waals surface area contributed by atoms with Crippen LogP contribution in [0.4, 0.5) is 57.1 Å². The van der Waals surface area contributed by atoms with Gasteiger partial charge in [-0.2, -0.15) is 52.7 Å². The quantitative estimate of drug-likeness (QED) is 0.0319. The van der Waals surface area contributed by atoms with E-state index >= 15 is 0 Å². The minimum atomic E-state index is -4.62. The molecule has 4 aromatic carbocycles. The molecule has 4 N–H and O–H groups in total. The SMILES string of the molecule is O=C(O)[C@@H]1[C@@H](CCc2cc(Cl)ccc2Cl)C(=O)N1C(=O)C[C@@H](C1CCCCC1)C(F)(F)F.O=C(O)[C@@H]1[C@@H](CCc2cc(Cl)ccc2F)C(=O)N1C(=O)C[C@@H](C1CCCCC1)C(F)(F)F.O=C(O)[C@@H]1[C@@H](CCc2cccc(Cl)c2)C(=O)N1C(=O)C[C@@H](C1CCCCCCC1)C(F)(F)F.O=C(O)[C@@H]1[C@@H](Cc2ccccc2Cl)C(=O)N1C(=O)C[C@@H](C1CCCCC1)C(F)(F)F. The Bertz CT molecular complexity index is 4450. The number of carbonyl (C=O) groups is 12. The van der Waals surface area contributed by atoms with Crippen LogP contribution in [-0.2, 0) is 83.2 Å². The normalized spacial score (nSPS) is 23.3. The number of amides is 8. The molecule has 4 aliphatic carbocycles. The summed E-state index contributed by atoms with van der Waals surface area (Å²) in [5.41, 5.74) is 2.17. The lowest BCUT2D eigenvalue weighted by Crippen LogP contribution is -2.67. The van der Waals surface area contributed by atoms with Crippen molar-refractivity contribution in [3.8, 4) is 0 Å². The van der Waals surface area contributed by atoms with Crippen molar-refractivity contribution in [2.45, 2.75) is 261 Å². The van der Waals surface area contributed by atoms with Crippen LogP contribution in [0.15, 0.2) is 84.9 Å². The molecule has 4 saturated carbocycles. The number of benzene rings is 4. The number of β-lactam (4-membered cyclic amide) rings is 4. The minimum Gasteiger partial charge on any atom is -0.480 e. The Morgan fingerprint density at radius 1 is 0.331 bits per heavy atom. The van der Waals surface area contributed by atoms with Crippen molar-refractivity contribution in [3.63, 3.8) is 0 Å². The predicted molar refractivity (Wildman–Crippen MR) is 439 cm³/mol. The molecule has 0 spiro atoms. The van der Waals surface area contributed by atoms with Crippen molar-refractivity contribution >= 4 is 129 Å². The summed E-state index contributed by atoms with van der Waals surface area (Å²) >= 11 is 29.9. The first kappa shape index (κ1) is 103. The average Bonchev–Trinajstić information content (AvgIpc) is 0.758. The number of halogens is 18. The maximum absolute atomic E-state index is 13.9. The Morgan fingerprint density at radius 2 is 0.614 bits per heavy atom. The molecule has 4 aromatic rings. The first-order valence-electron chi connectivity index (χ1n) is 42.7. The Hall–Kier alpha value is -8.14. The molecular formula is C89H100Cl5F13N4O16. The van der Waals surface area contributed by atoms with Crippen molar-refractivity contribution in [2.75, 3.05) is 0 Å². The van der Waals surface area contributed by atoms with Gasteiger partial charge in [0.1, 0.15) is 30.0 Å². The summed E-state index contributed by atoms with van der Waals surface area (Å²) in [6, 6.07) is 16.2. The number of nitrogens with zero attached hydrogens (tertiary/aromatic N) is 4. The van der Waals surface area contributed by atoms with Gasteiger partial charge in [0.05, 0.1) is 47.3 Å². The summed E-state index contributed by atoms with van der Waals surface area (Å²) in [5, 5.41) is 40.2. The summed E-state index contributed by atoms with van der Waals surface area (Å²) in [4.78, 5) is 150. The second kappa shape index (κ2) is 45.1. The second-order valence-corrected chi connectivity index (χ2v) is 36.3. The number of imide groups is 4. The molecule has 8 fully saturated rings. The number of likely N-dealkylation sites (tertiary alicyclic amines) is 4. The number of rotatable bonds is 27. The van der Waals surface area contributed by atoms with Crippen LogP contribution in [0.25, 0.3) is 0 Å². The minimum absolute atomic E-state index is 0.00185. The van der Waals surface area contributed by atoms with Crippen LogP contribution in [0.1, 0.15) is 208 Å². The van der Waals surface area contributed by atoms with Gasteiger partial charge in [0, 0.05) is 50.8 Å². The third kappa shape index (κ3) is 26.6. The standard InChI is InChI=1S/C24H29ClF3NO4.C22H24Cl2F3NO4.C22H24ClF4NO4.C21H23ClF3NO4/c25-17-10-6-7-15(13-17)11-12-18-21(23(32)33)29(22(18)31)20(30)14-19(24(26,27)28)16-8-4-2-1-3-5-9-16;2*23-14-7-9-17(24)13(10-14)6-8-15-19(21(31)32)28(20(15)30)18(29)11-16(22(25,26)27)12-4-2-1-3-5-12;22-16-9-5-4-8-13(16)10-14-18(20(29)30)26(19(14)28)17(27)11-15(21(23,24)25)12-6-2-1-3-7-12/h6-7,10,13,16,18-19,21H,1-5,8-9,11-12,14H2,(H,32,33);2*7,9-10,12,15-16,19H,1-6,8,11H2,(H,31,32);4-5,8-9,12,14-15,18H,1-3,6-7,10-11H2,(H,29,30)/t18-,19+,21+;2*15-,16+,19+;14-,15+,18+/m1111/s1. The van der Waals surface area contributed by atoms with E-state index in [-0.39, 0.29) is 49.1 Å². The molecule has 0 unspecified atom stereocenters. The lowest BCUT2D eigenvalue weighted by molar-refractivity contribution is -0.200. The van der Waals surface area contributed by atoms with E-state index in [1.54, 1.807) is 66.7 Å². The Morgan fingerprint density at radius 3 is 0.953 bits per heavy atom. The van der Waals surface area contributed by atoms with E-state index in [2.05, 4.69) is 0 Å². The monoisotopic (exact) mass is 1900 g/mol. The van der Waals surface area contributed by atoms with Gasteiger partial charge in [0.15, 0.2) is 0 Å². The fourth-order valence-electron chi connectivity index (χ4n) is 19.3. The van der Waals surface area contributed by atoms with Crippen molar-refractivity contribution in [2.24, 2.45) is 71.0 Å². The van der Waals surface area contributed by atoms with E-state index in [1.807, 2.05) is 0 Å². The molecule has 4 saturated heterocycles. The number of aliphatic carboxylic acids is 4. The second-order valence-electron chi connectivity index (χ2n) is 34.2. The summed E-state index contributed by atoms with van der Waals surface area (Å²) in [6.07, 6.45) is -7.59. The third-order valence-corrected chi connectivity index (χ3v) is 27.5. The van der Waals surface area contributed by atoms with Crippen LogP contribution in [0.5, 0.6) is 0 Å². The molecule has 4 aliphatic heterocycles. The molecule has 8 amide bonds. The van der Waals surface area contributed by atoms with Gasteiger partial charge in [-0.15, -0.1) is 0 Å². The van der Waals surface area contributed by atoms with Crippen LogP contribution in [0.2, 0.25) is 25.1 Å². The van der Waals surface area contributed by atoms with Gasteiger partial charge in [0.2, 0.25) is 47.3 Å². The Labute approximate surface area is 749 Å². The van der Waals surface area contributed by atoms with E-state index in [0.717, 1.165) is 50.2 Å². The highest BCUT2D eigenvalue weighted by molar-refractivity contribution is 6.34. The summed E-state index contributed by atoms with van der Waals surface area (Å²) in [6.45, 7) is 0. The van der Waals surface area contributed by atoms with E-state index in [0.29, 0.717) is 160 Å². The maximum atomic E-state index is 13.9. The third-order valence-electron chi connectivity index (χ3n) is 26.1.